The van der Waals surface area contributed by atoms with Crippen molar-refractivity contribution in [2.24, 2.45) is 4.99 Å². The summed E-state index contributed by atoms with van der Waals surface area (Å²) in [5, 5.41) is 6.87. The first-order valence-electron chi connectivity index (χ1n) is 9.80. The molecule has 6 nitrogen and oxygen atoms in total. The van der Waals surface area contributed by atoms with Gasteiger partial charge >= 0.3 is 0 Å². The van der Waals surface area contributed by atoms with Gasteiger partial charge in [-0.15, -0.1) is 24.0 Å². The summed E-state index contributed by atoms with van der Waals surface area (Å²) >= 11 is 0. The van der Waals surface area contributed by atoms with Gasteiger partial charge in [0.25, 0.3) is 0 Å². The zero-order valence-electron chi connectivity index (χ0n) is 17.0. The van der Waals surface area contributed by atoms with Crippen LogP contribution in [-0.2, 0) is 17.8 Å². The molecule has 0 unspecified atom stereocenters. The summed E-state index contributed by atoms with van der Waals surface area (Å²) in [6, 6.07) is 8.66. The highest BCUT2D eigenvalue weighted by Crippen LogP contribution is 2.11. The van der Waals surface area contributed by atoms with E-state index in [4.69, 9.17) is 4.74 Å². The molecule has 154 valence electrons. The molecular formula is C20H36IN5O. The highest BCUT2D eigenvalue weighted by molar-refractivity contribution is 14.0. The third-order valence-corrected chi connectivity index (χ3v) is 4.90. The van der Waals surface area contributed by atoms with Crippen LogP contribution < -0.4 is 10.6 Å². The molecule has 1 aliphatic rings. The van der Waals surface area contributed by atoms with Crippen LogP contribution in [0.25, 0.3) is 0 Å². The Labute approximate surface area is 181 Å². The van der Waals surface area contributed by atoms with E-state index >= 15 is 0 Å². The average molecular weight is 489 g/mol. The molecule has 0 bridgehead atoms. The molecule has 2 N–H and O–H groups in total. The predicted molar refractivity (Wildman–Crippen MR) is 124 cm³/mol. The Kier molecular flexibility index (Phi) is 12.6. The molecule has 1 fully saturated rings. The number of rotatable bonds is 9. The van der Waals surface area contributed by atoms with Crippen LogP contribution in [0.2, 0.25) is 0 Å². The number of halogens is 1. The highest BCUT2D eigenvalue weighted by atomic mass is 127. The van der Waals surface area contributed by atoms with Crippen LogP contribution >= 0.6 is 24.0 Å². The molecule has 0 saturated carbocycles. The van der Waals surface area contributed by atoms with Crippen molar-refractivity contribution < 1.29 is 4.74 Å². The van der Waals surface area contributed by atoms with Gasteiger partial charge in [-0.1, -0.05) is 38.1 Å². The maximum Gasteiger partial charge on any atom is 0.191 e. The molecule has 2 rings (SSSR count). The van der Waals surface area contributed by atoms with Crippen molar-refractivity contribution >= 4 is 29.9 Å². The molecular weight excluding hydrogens is 453 g/mol. The fourth-order valence-corrected chi connectivity index (χ4v) is 3.13. The van der Waals surface area contributed by atoms with E-state index in [9.17, 15) is 0 Å². The number of nitrogens with zero attached hydrogens (tertiary/aromatic N) is 3. The van der Waals surface area contributed by atoms with E-state index in [-0.39, 0.29) is 24.0 Å². The lowest BCUT2D eigenvalue weighted by molar-refractivity contribution is 0.0389. The second-order valence-electron chi connectivity index (χ2n) is 6.54. The standard InChI is InChI=1S/C20H35N5O.HI/c1-4-24(5-2)17-19-9-7-6-8-18(19)16-23-20(21-3)22-10-11-25-12-14-26-15-13-25;/h6-9H,4-5,10-17H2,1-3H3,(H2,21,22,23);1H. The van der Waals surface area contributed by atoms with Gasteiger partial charge in [-0.05, 0) is 24.2 Å². The molecule has 1 aromatic carbocycles. The van der Waals surface area contributed by atoms with Crippen molar-refractivity contribution in [3.8, 4) is 0 Å². The molecule has 1 heterocycles. The minimum Gasteiger partial charge on any atom is -0.379 e. The van der Waals surface area contributed by atoms with Crippen molar-refractivity contribution in [2.45, 2.75) is 26.9 Å². The topological polar surface area (TPSA) is 52.1 Å². The number of hydrogen-bond donors (Lipinski definition) is 2. The number of hydrogen-bond acceptors (Lipinski definition) is 4. The maximum absolute atomic E-state index is 5.39. The largest absolute Gasteiger partial charge is 0.379 e. The van der Waals surface area contributed by atoms with Crippen LogP contribution in [0.5, 0.6) is 0 Å². The SMILES string of the molecule is CCN(CC)Cc1ccccc1CNC(=NC)NCCN1CCOCC1.I. The fraction of sp³-hybridized carbons (Fsp3) is 0.650. The zero-order valence-corrected chi connectivity index (χ0v) is 19.4. The van der Waals surface area contributed by atoms with Crippen molar-refractivity contribution in [2.75, 3.05) is 59.5 Å². The van der Waals surface area contributed by atoms with Gasteiger partial charge in [-0.2, -0.15) is 0 Å². The summed E-state index contributed by atoms with van der Waals surface area (Å²) in [4.78, 5) is 9.21. The molecule has 0 aromatic heterocycles. The van der Waals surface area contributed by atoms with Gasteiger partial charge in [-0.25, -0.2) is 0 Å². The van der Waals surface area contributed by atoms with Gasteiger partial charge in [0.1, 0.15) is 0 Å². The van der Waals surface area contributed by atoms with Crippen molar-refractivity contribution in [3.63, 3.8) is 0 Å². The highest BCUT2D eigenvalue weighted by Gasteiger charge is 2.10. The van der Waals surface area contributed by atoms with E-state index in [2.05, 4.69) is 63.5 Å². The van der Waals surface area contributed by atoms with Crippen LogP contribution in [0, 0.1) is 0 Å². The van der Waals surface area contributed by atoms with Gasteiger partial charge < -0.3 is 15.4 Å². The minimum absolute atomic E-state index is 0. The monoisotopic (exact) mass is 489 g/mol. The quantitative estimate of drug-likeness (QED) is 0.317. The van der Waals surface area contributed by atoms with Gasteiger partial charge in [0.05, 0.1) is 13.2 Å². The normalized spacial score (nSPS) is 15.5. The number of guanidine groups is 1. The van der Waals surface area contributed by atoms with Crippen LogP contribution in [0.4, 0.5) is 0 Å². The number of nitrogens with one attached hydrogen (secondary N) is 2. The molecule has 0 amide bonds. The molecule has 1 saturated heterocycles. The minimum atomic E-state index is 0. The fourth-order valence-electron chi connectivity index (χ4n) is 3.13. The molecule has 0 radical (unpaired) electrons. The molecule has 7 heteroatoms. The van der Waals surface area contributed by atoms with Crippen molar-refractivity contribution in [3.05, 3.63) is 35.4 Å². The summed E-state index contributed by atoms with van der Waals surface area (Å²) < 4.78 is 5.39. The first-order chi connectivity index (χ1) is 12.8. The van der Waals surface area contributed by atoms with Crippen LogP contribution in [0.15, 0.2) is 29.3 Å². The third kappa shape index (κ3) is 8.76. The lowest BCUT2D eigenvalue weighted by atomic mass is 10.1. The van der Waals surface area contributed by atoms with E-state index < -0.39 is 0 Å². The van der Waals surface area contributed by atoms with Crippen LogP contribution in [0.3, 0.4) is 0 Å². The number of morpholine rings is 1. The lowest BCUT2D eigenvalue weighted by Crippen LogP contribution is -2.44. The Bertz CT molecular complexity index is 545. The Morgan fingerprint density at radius 3 is 2.41 bits per heavy atom. The summed E-state index contributed by atoms with van der Waals surface area (Å²) in [7, 11) is 1.83. The Morgan fingerprint density at radius 2 is 1.78 bits per heavy atom. The summed E-state index contributed by atoms with van der Waals surface area (Å²) in [6.45, 7) is 14.0. The Hall–Kier alpha value is -0.900. The van der Waals surface area contributed by atoms with E-state index in [0.29, 0.717) is 0 Å². The van der Waals surface area contributed by atoms with Gasteiger partial charge in [0.2, 0.25) is 0 Å². The van der Waals surface area contributed by atoms with Gasteiger partial charge in [0, 0.05) is 46.3 Å². The van der Waals surface area contributed by atoms with E-state index in [1.165, 1.54) is 11.1 Å². The summed E-state index contributed by atoms with van der Waals surface area (Å²) in [5.41, 5.74) is 2.71. The Morgan fingerprint density at radius 1 is 1.11 bits per heavy atom. The van der Waals surface area contributed by atoms with E-state index in [0.717, 1.165) is 71.5 Å². The number of benzene rings is 1. The van der Waals surface area contributed by atoms with Crippen molar-refractivity contribution in [1.29, 1.82) is 0 Å². The van der Waals surface area contributed by atoms with Gasteiger partial charge in [-0.3, -0.25) is 14.8 Å². The smallest absolute Gasteiger partial charge is 0.191 e. The first kappa shape index (κ1) is 24.1. The summed E-state index contributed by atoms with van der Waals surface area (Å²) in [6.07, 6.45) is 0. The summed E-state index contributed by atoms with van der Waals surface area (Å²) in [5.74, 6) is 0.857. The Balaban J connectivity index is 0.00000364. The van der Waals surface area contributed by atoms with E-state index in [1.807, 2.05) is 7.05 Å². The molecule has 0 atom stereocenters. The predicted octanol–water partition coefficient (Wildman–Crippen LogP) is 2.14. The number of aliphatic imine (C=N–C) groups is 1. The molecule has 1 aliphatic heterocycles. The van der Waals surface area contributed by atoms with E-state index in [1.54, 1.807) is 0 Å². The third-order valence-electron chi connectivity index (χ3n) is 4.90. The first-order valence-corrected chi connectivity index (χ1v) is 9.80. The maximum atomic E-state index is 5.39. The second-order valence-corrected chi connectivity index (χ2v) is 6.54. The molecule has 0 spiro atoms. The molecule has 27 heavy (non-hydrogen) atoms. The lowest BCUT2D eigenvalue weighted by Gasteiger charge is -2.26. The second kappa shape index (κ2) is 14.1. The average Bonchev–Trinajstić information content (AvgIpc) is 2.70. The zero-order chi connectivity index (χ0) is 18.6. The van der Waals surface area contributed by atoms with Crippen LogP contribution in [0.1, 0.15) is 25.0 Å². The molecule has 0 aliphatic carbocycles. The molecule has 1 aromatic rings. The van der Waals surface area contributed by atoms with Gasteiger partial charge in [0.15, 0.2) is 5.96 Å². The number of ether oxygens (including phenoxy) is 1. The van der Waals surface area contributed by atoms with Crippen molar-refractivity contribution in [1.82, 2.24) is 20.4 Å². The van der Waals surface area contributed by atoms with Crippen LogP contribution in [-0.4, -0.2) is 75.3 Å².